The van der Waals surface area contributed by atoms with E-state index in [0.29, 0.717) is 12.3 Å². The first kappa shape index (κ1) is 14.3. The summed E-state index contributed by atoms with van der Waals surface area (Å²) in [4.78, 5) is 20.8. The standard InChI is InChI=1S/C16H23N3O2/c1-13-11-17-4-2-15(13)18-5-7-19(8-6-18)16(20)10-14-3-9-21-12-14/h2,4,11,14H,3,5-10,12H2,1H3/t14-/m0/s1. The highest BCUT2D eigenvalue weighted by atomic mass is 16.5. The van der Waals surface area contributed by atoms with Gasteiger partial charge >= 0.3 is 0 Å². The van der Waals surface area contributed by atoms with Gasteiger partial charge in [0.15, 0.2) is 0 Å². The zero-order valence-corrected chi connectivity index (χ0v) is 12.6. The highest BCUT2D eigenvalue weighted by Crippen LogP contribution is 2.21. The summed E-state index contributed by atoms with van der Waals surface area (Å²) in [7, 11) is 0. The Hall–Kier alpha value is -1.62. The second kappa shape index (κ2) is 6.43. The number of nitrogens with zero attached hydrogens (tertiary/aromatic N) is 3. The molecule has 1 amide bonds. The van der Waals surface area contributed by atoms with Crippen molar-refractivity contribution < 1.29 is 9.53 Å². The fraction of sp³-hybridized carbons (Fsp3) is 0.625. The molecule has 0 aliphatic carbocycles. The van der Waals surface area contributed by atoms with Crippen LogP contribution in [0.2, 0.25) is 0 Å². The van der Waals surface area contributed by atoms with E-state index in [0.717, 1.165) is 45.8 Å². The molecule has 114 valence electrons. The molecule has 0 radical (unpaired) electrons. The largest absolute Gasteiger partial charge is 0.381 e. The molecule has 3 heterocycles. The summed E-state index contributed by atoms with van der Waals surface area (Å²) in [5.74, 6) is 0.717. The van der Waals surface area contributed by atoms with Crippen LogP contribution in [0.4, 0.5) is 5.69 Å². The van der Waals surface area contributed by atoms with Crippen LogP contribution in [0.25, 0.3) is 0 Å². The van der Waals surface area contributed by atoms with Crippen LogP contribution in [0.3, 0.4) is 0 Å². The van der Waals surface area contributed by atoms with Crippen molar-refractivity contribution in [3.05, 3.63) is 24.0 Å². The molecule has 0 spiro atoms. The predicted octanol–water partition coefficient (Wildman–Crippen LogP) is 1.47. The number of ether oxygens (including phenoxy) is 1. The predicted molar refractivity (Wildman–Crippen MR) is 81.3 cm³/mol. The molecule has 2 fully saturated rings. The minimum atomic E-state index is 0.289. The third kappa shape index (κ3) is 3.35. The fourth-order valence-electron chi connectivity index (χ4n) is 3.14. The van der Waals surface area contributed by atoms with Crippen molar-refractivity contribution in [1.82, 2.24) is 9.88 Å². The van der Waals surface area contributed by atoms with E-state index in [4.69, 9.17) is 4.74 Å². The normalized spacial score (nSPS) is 22.6. The minimum absolute atomic E-state index is 0.289. The fourth-order valence-corrected chi connectivity index (χ4v) is 3.14. The summed E-state index contributed by atoms with van der Waals surface area (Å²) in [6.45, 7) is 7.08. The van der Waals surface area contributed by atoms with Crippen LogP contribution in [0.15, 0.2) is 18.5 Å². The van der Waals surface area contributed by atoms with E-state index in [9.17, 15) is 4.79 Å². The van der Waals surface area contributed by atoms with E-state index in [1.54, 1.807) is 0 Å². The average molecular weight is 289 g/mol. The molecule has 21 heavy (non-hydrogen) atoms. The van der Waals surface area contributed by atoms with Gasteiger partial charge in [-0.05, 0) is 30.9 Å². The van der Waals surface area contributed by atoms with Crippen LogP contribution in [-0.2, 0) is 9.53 Å². The molecule has 1 aromatic rings. The molecule has 1 atom stereocenters. The van der Waals surface area contributed by atoms with Crippen molar-refractivity contribution in [1.29, 1.82) is 0 Å². The second-order valence-corrected chi connectivity index (χ2v) is 5.96. The molecular formula is C16H23N3O2. The molecule has 0 N–H and O–H groups in total. The number of hydrogen-bond acceptors (Lipinski definition) is 4. The van der Waals surface area contributed by atoms with E-state index < -0.39 is 0 Å². The topological polar surface area (TPSA) is 45.7 Å². The Morgan fingerprint density at radius 1 is 1.38 bits per heavy atom. The van der Waals surface area contributed by atoms with Crippen LogP contribution >= 0.6 is 0 Å². The summed E-state index contributed by atoms with van der Waals surface area (Å²) < 4.78 is 5.35. The first-order chi connectivity index (χ1) is 10.2. The lowest BCUT2D eigenvalue weighted by atomic mass is 10.0. The van der Waals surface area contributed by atoms with Crippen molar-refractivity contribution in [3.8, 4) is 0 Å². The van der Waals surface area contributed by atoms with E-state index in [-0.39, 0.29) is 5.91 Å². The molecule has 1 aromatic heterocycles. The van der Waals surface area contributed by atoms with Gasteiger partial charge in [0, 0.05) is 63.9 Å². The van der Waals surface area contributed by atoms with Gasteiger partial charge in [0.25, 0.3) is 0 Å². The van der Waals surface area contributed by atoms with Gasteiger partial charge in [-0.3, -0.25) is 9.78 Å². The molecule has 2 aliphatic rings. The Labute approximate surface area is 125 Å². The van der Waals surface area contributed by atoms with Gasteiger partial charge in [0.1, 0.15) is 0 Å². The molecule has 2 aliphatic heterocycles. The van der Waals surface area contributed by atoms with Crippen LogP contribution in [-0.4, -0.2) is 55.2 Å². The van der Waals surface area contributed by atoms with Crippen LogP contribution in [0.5, 0.6) is 0 Å². The molecular weight excluding hydrogens is 266 g/mol. The third-order valence-corrected chi connectivity index (χ3v) is 4.45. The maximum atomic E-state index is 12.3. The monoisotopic (exact) mass is 289 g/mol. The molecule has 0 unspecified atom stereocenters. The van der Waals surface area contributed by atoms with E-state index >= 15 is 0 Å². The smallest absolute Gasteiger partial charge is 0.223 e. The lowest BCUT2D eigenvalue weighted by Gasteiger charge is -2.37. The van der Waals surface area contributed by atoms with Gasteiger partial charge < -0.3 is 14.5 Å². The maximum absolute atomic E-state index is 12.3. The number of aryl methyl sites for hydroxylation is 1. The van der Waals surface area contributed by atoms with E-state index in [1.165, 1.54) is 11.3 Å². The van der Waals surface area contributed by atoms with Crippen molar-refractivity contribution in [3.63, 3.8) is 0 Å². The van der Waals surface area contributed by atoms with Gasteiger partial charge in [-0.25, -0.2) is 0 Å². The summed E-state index contributed by atoms with van der Waals surface area (Å²) in [6.07, 6.45) is 5.41. The van der Waals surface area contributed by atoms with Gasteiger partial charge in [-0.2, -0.15) is 0 Å². The van der Waals surface area contributed by atoms with Gasteiger partial charge in [-0.15, -0.1) is 0 Å². The Morgan fingerprint density at radius 2 is 2.19 bits per heavy atom. The lowest BCUT2D eigenvalue weighted by molar-refractivity contribution is -0.132. The summed E-state index contributed by atoms with van der Waals surface area (Å²) >= 11 is 0. The highest BCUT2D eigenvalue weighted by Gasteiger charge is 2.25. The number of amides is 1. The van der Waals surface area contributed by atoms with Gasteiger partial charge in [0.05, 0.1) is 0 Å². The van der Waals surface area contributed by atoms with Crippen molar-refractivity contribution in [2.24, 2.45) is 5.92 Å². The number of piperazine rings is 1. The van der Waals surface area contributed by atoms with Crippen molar-refractivity contribution in [2.75, 3.05) is 44.3 Å². The Kier molecular flexibility index (Phi) is 4.39. The Balaban J connectivity index is 1.52. The quantitative estimate of drug-likeness (QED) is 0.845. The number of hydrogen-bond donors (Lipinski definition) is 0. The third-order valence-electron chi connectivity index (χ3n) is 4.45. The first-order valence-corrected chi connectivity index (χ1v) is 7.75. The summed E-state index contributed by atoms with van der Waals surface area (Å²) in [5.41, 5.74) is 2.43. The number of rotatable bonds is 3. The van der Waals surface area contributed by atoms with Crippen molar-refractivity contribution >= 4 is 11.6 Å². The second-order valence-electron chi connectivity index (χ2n) is 5.96. The zero-order chi connectivity index (χ0) is 14.7. The summed E-state index contributed by atoms with van der Waals surface area (Å²) in [5, 5.41) is 0. The van der Waals surface area contributed by atoms with E-state index in [1.807, 2.05) is 17.3 Å². The van der Waals surface area contributed by atoms with Crippen LogP contribution < -0.4 is 4.90 Å². The minimum Gasteiger partial charge on any atom is -0.381 e. The Morgan fingerprint density at radius 3 is 2.86 bits per heavy atom. The summed E-state index contributed by atoms with van der Waals surface area (Å²) in [6, 6.07) is 2.06. The number of pyridine rings is 1. The molecule has 5 nitrogen and oxygen atoms in total. The molecule has 5 heteroatoms. The van der Waals surface area contributed by atoms with Crippen LogP contribution in [0.1, 0.15) is 18.4 Å². The van der Waals surface area contributed by atoms with Crippen LogP contribution in [0, 0.1) is 12.8 Å². The number of anilines is 1. The van der Waals surface area contributed by atoms with Crippen molar-refractivity contribution in [2.45, 2.75) is 19.8 Å². The SMILES string of the molecule is Cc1cnccc1N1CCN(C(=O)C[C@@H]2CCOC2)CC1. The highest BCUT2D eigenvalue weighted by molar-refractivity contribution is 5.77. The van der Waals surface area contributed by atoms with E-state index in [2.05, 4.69) is 22.9 Å². The molecule has 0 saturated carbocycles. The maximum Gasteiger partial charge on any atom is 0.223 e. The first-order valence-electron chi connectivity index (χ1n) is 7.75. The number of aromatic nitrogens is 1. The van der Waals surface area contributed by atoms with Gasteiger partial charge in [0.2, 0.25) is 5.91 Å². The molecule has 2 saturated heterocycles. The molecule has 0 bridgehead atoms. The lowest BCUT2D eigenvalue weighted by Crippen LogP contribution is -2.49. The van der Waals surface area contributed by atoms with Gasteiger partial charge in [-0.1, -0.05) is 0 Å². The molecule has 0 aromatic carbocycles. The number of carbonyl (C=O) groups is 1. The average Bonchev–Trinajstić information content (AvgIpc) is 3.01. The Bertz CT molecular complexity index is 492. The zero-order valence-electron chi connectivity index (χ0n) is 12.6. The molecule has 3 rings (SSSR count). The number of carbonyl (C=O) groups excluding carboxylic acids is 1.